The molecule has 1 aliphatic rings. The third kappa shape index (κ3) is 4.74. The molecule has 0 saturated carbocycles. The van der Waals surface area contributed by atoms with Crippen LogP contribution in [0, 0.1) is 5.92 Å². The molecule has 2 aromatic heterocycles. The molecule has 2 aromatic rings. The van der Waals surface area contributed by atoms with Crippen LogP contribution in [-0.4, -0.2) is 34.9 Å². The van der Waals surface area contributed by atoms with Crippen molar-refractivity contribution in [3.05, 3.63) is 29.3 Å². The fourth-order valence-electron chi connectivity index (χ4n) is 2.66. The third-order valence-corrected chi connectivity index (χ3v) is 4.63. The molecule has 3 heterocycles. The number of amides is 1. The van der Waals surface area contributed by atoms with Crippen molar-refractivity contribution < 1.29 is 4.79 Å². The molecule has 0 aliphatic carbocycles. The molecule has 1 amide bonds. The van der Waals surface area contributed by atoms with Crippen LogP contribution in [0.5, 0.6) is 0 Å². The first-order chi connectivity index (χ1) is 12.1. The van der Waals surface area contributed by atoms with Crippen LogP contribution in [0.15, 0.2) is 28.6 Å². The highest BCUT2D eigenvalue weighted by atomic mass is 32.1. The van der Waals surface area contributed by atoms with Crippen molar-refractivity contribution in [2.75, 3.05) is 13.1 Å². The molecule has 1 fully saturated rings. The number of aliphatic imine (C=N–C) groups is 1. The Morgan fingerprint density at radius 2 is 2.24 bits per heavy atom. The van der Waals surface area contributed by atoms with Gasteiger partial charge in [0.05, 0.1) is 23.9 Å². The van der Waals surface area contributed by atoms with Crippen molar-refractivity contribution in [3.63, 3.8) is 0 Å². The number of aromatic nitrogens is 2. The van der Waals surface area contributed by atoms with E-state index in [1.54, 1.807) is 0 Å². The molecule has 25 heavy (non-hydrogen) atoms. The van der Waals surface area contributed by atoms with Gasteiger partial charge in [-0.15, -0.1) is 11.3 Å². The van der Waals surface area contributed by atoms with E-state index in [1.807, 2.05) is 23.6 Å². The summed E-state index contributed by atoms with van der Waals surface area (Å²) in [6.07, 6.45) is 1.96. The van der Waals surface area contributed by atoms with Crippen molar-refractivity contribution in [1.82, 2.24) is 20.6 Å². The van der Waals surface area contributed by atoms with Crippen molar-refractivity contribution in [2.24, 2.45) is 22.4 Å². The number of carbonyl (C=O) groups excluding carboxylic acids is 1. The van der Waals surface area contributed by atoms with Crippen molar-refractivity contribution in [3.8, 4) is 11.4 Å². The standard InChI is InChI=1S/C16H21N7OS/c17-15(18)23-16-22-13(9-25-16)12-5-1-4-11(21-12)8-20-14(24)10-3-2-6-19-7-10/h1,4-5,9-10,19H,2-3,6-8H2,(H,20,24)(H4,17,18,22,23). The van der Waals surface area contributed by atoms with Crippen molar-refractivity contribution in [1.29, 1.82) is 0 Å². The number of nitrogens with one attached hydrogen (secondary N) is 2. The van der Waals surface area contributed by atoms with Crippen LogP contribution in [0.3, 0.4) is 0 Å². The van der Waals surface area contributed by atoms with E-state index in [4.69, 9.17) is 11.5 Å². The average Bonchev–Trinajstić information content (AvgIpc) is 3.08. The number of pyridine rings is 1. The molecule has 0 spiro atoms. The lowest BCUT2D eigenvalue weighted by molar-refractivity contribution is -0.125. The highest BCUT2D eigenvalue weighted by Gasteiger charge is 2.20. The molecule has 0 radical (unpaired) electrons. The molecule has 8 nitrogen and oxygen atoms in total. The van der Waals surface area contributed by atoms with Gasteiger partial charge in [0.25, 0.3) is 0 Å². The molecule has 1 atom stereocenters. The summed E-state index contributed by atoms with van der Waals surface area (Å²) in [5.74, 6) is 0.0863. The second-order valence-electron chi connectivity index (χ2n) is 5.83. The quantitative estimate of drug-likeness (QED) is 0.460. The molecule has 1 unspecified atom stereocenters. The van der Waals surface area contributed by atoms with Crippen molar-refractivity contribution in [2.45, 2.75) is 19.4 Å². The highest BCUT2D eigenvalue weighted by molar-refractivity contribution is 7.13. The Morgan fingerprint density at radius 1 is 1.36 bits per heavy atom. The predicted octanol–water partition coefficient (Wildman–Crippen LogP) is 0.726. The number of hydrogen-bond acceptors (Lipinski definition) is 6. The van der Waals surface area contributed by atoms with Crippen molar-refractivity contribution >= 4 is 28.3 Å². The maximum Gasteiger partial charge on any atom is 0.224 e. The second kappa shape index (κ2) is 8.04. The van der Waals surface area contributed by atoms with Gasteiger partial charge in [0.1, 0.15) is 5.69 Å². The first-order valence-electron chi connectivity index (χ1n) is 8.12. The maximum atomic E-state index is 12.2. The number of hydrogen-bond donors (Lipinski definition) is 4. The third-order valence-electron chi connectivity index (χ3n) is 3.90. The Hall–Kier alpha value is -2.52. The molecule has 132 valence electrons. The number of thiazole rings is 1. The van der Waals surface area contributed by atoms with E-state index in [2.05, 4.69) is 25.6 Å². The fourth-order valence-corrected chi connectivity index (χ4v) is 3.36. The van der Waals surface area contributed by atoms with Gasteiger partial charge in [-0.2, -0.15) is 4.99 Å². The Balaban J connectivity index is 1.64. The lowest BCUT2D eigenvalue weighted by Crippen LogP contribution is -2.40. The van der Waals surface area contributed by atoms with E-state index in [9.17, 15) is 4.79 Å². The van der Waals surface area contributed by atoms with Crippen LogP contribution in [0.2, 0.25) is 0 Å². The summed E-state index contributed by atoms with van der Waals surface area (Å²) in [5, 5.41) is 8.55. The monoisotopic (exact) mass is 359 g/mol. The van der Waals surface area contributed by atoms with E-state index >= 15 is 0 Å². The van der Waals surface area contributed by atoms with E-state index < -0.39 is 0 Å². The van der Waals surface area contributed by atoms with Gasteiger partial charge in [0, 0.05) is 11.9 Å². The largest absolute Gasteiger partial charge is 0.370 e. The van der Waals surface area contributed by atoms with Crippen LogP contribution < -0.4 is 22.1 Å². The van der Waals surface area contributed by atoms with Crippen LogP contribution in [0.25, 0.3) is 11.4 Å². The van der Waals surface area contributed by atoms with Gasteiger partial charge in [0.15, 0.2) is 5.96 Å². The molecule has 3 rings (SSSR count). The topological polar surface area (TPSA) is 131 Å². The molecular formula is C16H21N7OS. The smallest absolute Gasteiger partial charge is 0.224 e. The highest BCUT2D eigenvalue weighted by Crippen LogP contribution is 2.25. The molecule has 1 aliphatic heterocycles. The number of guanidine groups is 1. The fraction of sp³-hybridized carbons (Fsp3) is 0.375. The minimum atomic E-state index is -0.0254. The summed E-state index contributed by atoms with van der Waals surface area (Å²) in [6, 6.07) is 5.64. The van der Waals surface area contributed by atoms with Gasteiger partial charge in [-0.3, -0.25) is 4.79 Å². The Labute approximate surface area is 149 Å². The normalized spacial score (nSPS) is 17.0. The minimum absolute atomic E-state index is 0.0254. The first kappa shape index (κ1) is 17.3. The zero-order chi connectivity index (χ0) is 17.6. The summed E-state index contributed by atoms with van der Waals surface area (Å²) in [5.41, 5.74) is 12.9. The predicted molar refractivity (Wildman–Crippen MR) is 98.3 cm³/mol. The van der Waals surface area contributed by atoms with Crippen LogP contribution in [-0.2, 0) is 11.3 Å². The van der Waals surface area contributed by atoms with Crippen LogP contribution >= 0.6 is 11.3 Å². The van der Waals surface area contributed by atoms with Gasteiger partial charge >= 0.3 is 0 Å². The lowest BCUT2D eigenvalue weighted by Gasteiger charge is -2.21. The van der Waals surface area contributed by atoms with Gasteiger partial charge in [0.2, 0.25) is 11.0 Å². The van der Waals surface area contributed by atoms with Gasteiger partial charge < -0.3 is 22.1 Å². The zero-order valence-corrected chi connectivity index (χ0v) is 14.6. The molecule has 1 saturated heterocycles. The first-order valence-corrected chi connectivity index (χ1v) is 8.99. The summed E-state index contributed by atoms with van der Waals surface area (Å²) in [7, 11) is 0. The van der Waals surface area contributed by atoms with E-state index in [1.165, 1.54) is 11.3 Å². The Bertz CT molecular complexity index is 763. The number of rotatable bonds is 5. The lowest BCUT2D eigenvalue weighted by atomic mass is 9.99. The minimum Gasteiger partial charge on any atom is -0.370 e. The molecule has 0 aromatic carbocycles. The summed E-state index contributed by atoms with van der Waals surface area (Å²) in [4.78, 5) is 25.0. The molecule has 6 N–H and O–H groups in total. The van der Waals surface area contributed by atoms with E-state index in [-0.39, 0.29) is 17.8 Å². The number of piperidine rings is 1. The summed E-state index contributed by atoms with van der Waals surface area (Å²) < 4.78 is 0. The average molecular weight is 359 g/mol. The summed E-state index contributed by atoms with van der Waals surface area (Å²) in [6.45, 7) is 2.13. The summed E-state index contributed by atoms with van der Waals surface area (Å²) >= 11 is 1.34. The maximum absolute atomic E-state index is 12.2. The second-order valence-corrected chi connectivity index (χ2v) is 6.66. The van der Waals surface area contributed by atoms with Gasteiger partial charge in [-0.25, -0.2) is 9.97 Å². The van der Waals surface area contributed by atoms with Crippen LogP contribution in [0.1, 0.15) is 18.5 Å². The molecule has 9 heteroatoms. The number of nitrogens with two attached hydrogens (primary N) is 2. The SMILES string of the molecule is NC(N)=Nc1nc(-c2cccc(CNC(=O)C3CCCNC3)n2)cs1. The van der Waals surface area contributed by atoms with E-state index in [0.717, 1.165) is 37.3 Å². The zero-order valence-electron chi connectivity index (χ0n) is 13.7. The van der Waals surface area contributed by atoms with Gasteiger partial charge in [-0.1, -0.05) is 6.07 Å². The van der Waals surface area contributed by atoms with Gasteiger partial charge in [-0.05, 0) is 31.5 Å². The molecular weight excluding hydrogens is 338 g/mol. The Kier molecular flexibility index (Phi) is 5.56. The Morgan fingerprint density at radius 3 is 3.00 bits per heavy atom. The number of carbonyl (C=O) groups is 1. The number of nitrogens with zero attached hydrogens (tertiary/aromatic N) is 3. The van der Waals surface area contributed by atoms with E-state index in [0.29, 0.717) is 17.4 Å². The molecule has 0 bridgehead atoms. The van der Waals surface area contributed by atoms with Crippen LogP contribution in [0.4, 0.5) is 5.13 Å².